The van der Waals surface area contributed by atoms with Gasteiger partial charge in [0.05, 0.1) is 0 Å². The Morgan fingerprint density at radius 2 is 2.00 bits per heavy atom. The standard InChI is InChI=1S/C15H29N3/c1-7-9-18-10-8-16-14(18)13(3)12(2)11-17-15(4,5)6/h8,10,12-13,17H,7,9,11H2,1-6H3. The third kappa shape index (κ3) is 4.45. The third-order valence-corrected chi connectivity index (χ3v) is 3.43. The minimum atomic E-state index is 0.187. The quantitative estimate of drug-likeness (QED) is 0.839. The van der Waals surface area contributed by atoms with E-state index >= 15 is 0 Å². The summed E-state index contributed by atoms with van der Waals surface area (Å²) in [7, 11) is 0. The number of rotatable bonds is 6. The fraction of sp³-hybridized carbons (Fsp3) is 0.800. The van der Waals surface area contributed by atoms with Crippen LogP contribution >= 0.6 is 0 Å². The van der Waals surface area contributed by atoms with Crippen molar-refractivity contribution < 1.29 is 0 Å². The zero-order valence-electron chi connectivity index (χ0n) is 12.8. The van der Waals surface area contributed by atoms with E-state index in [4.69, 9.17) is 0 Å². The first-order chi connectivity index (χ1) is 8.35. The van der Waals surface area contributed by atoms with Crippen LogP contribution in [-0.2, 0) is 6.54 Å². The molecule has 0 fully saturated rings. The fourth-order valence-corrected chi connectivity index (χ4v) is 2.05. The molecule has 0 amide bonds. The van der Waals surface area contributed by atoms with E-state index in [1.807, 2.05) is 6.20 Å². The summed E-state index contributed by atoms with van der Waals surface area (Å²) in [6.45, 7) is 15.5. The highest BCUT2D eigenvalue weighted by Gasteiger charge is 2.20. The molecular formula is C15H29N3. The van der Waals surface area contributed by atoms with Crippen LogP contribution in [-0.4, -0.2) is 21.6 Å². The van der Waals surface area contributed by atoms with Gasteiger partial charge in [-0.1, -0.05) is 20.8 Å². The Hall–Kier alpha value is -0.830. The summed E-state index contributed by atoms with van der Waals surface area (Å²) in [5.74, 6) is 2.30. The molecule has 0 aliphatic heterocycles. The molecule has 0 bridgehead atoms. The highest BCUT2D eigenvalue weighted by Crippen LogP contribution is 2.23. The summed E-state index contributed by atoms with van der Waals surface area (Å²) >= 11 is 0. The highest BCUT2D eigenvalue weighted by molar-refractivity contribution is 5.01. The minimum Gasteiger partial charge on any atom is -0.335 e. The number of aryl methyl sites for hydroxylation is 1. The van der Waals surface area contributed by atoms with Crippen molar-refractivity contribution >= 4 is 0 Å². The second-order valence-electron chi connectivity index (χ2n) is 6.38. The largest absolute Gasteiger partial charge is 0.335 e. The van der Waals surface area contributed by atoms with Crippen LogP contribution < -0.4 is 5.32 Å². The lowest BCUT2D eigenvalue weighted by Gasteiger charge is -2.26. The minimum absolute atomic E-state index is 0.187. The smallest absolute Gasteiger partial charge is 0.111 e. The maximum absolute atomic E-state index is 4.54. The lowest BCUT2D eigenvalue weighted by molar-refractivity contribution is 0.350. The molecule has 1 aromatic rings. The maximum Gasteiger partial charge on any atom is 0.111 e. The normalized spacial score (nSPS) is 15.7. The van der Waals surface area contributed by atoms with Crippen molar-refractivity contribution in [3.63, 3.8) is 0 Å². The first kappa shape index (κ1) is 15.2. The van der Waals surface area contributed by atoms with Crippen molar-refractivity contribution in [1.29, 1.82) is 0 Å². The van der Waals surface area contributed by atoms with Gasteiger partial charge in [-0.15, -0.1) is 0 Å². The number of hydrogen-bond acceptors (Lipinski definition) is 2. The Morgan fingerprint density at radius 3 is 2.56 bits per heavy atom. The molecular weight excluding hydrogens is 222 g/mol. The molecule has 0 aliphatic carbocycles. The number of aromatic nitrogens is 2. The summed E-state index contributed by atoms with van der Waals surface area (Å²) < 4.78 is 2.29. The van der Waals surface area contributed by atoms with E-state index in [-0.39, 0.29) is 5.54 Å². The van der Waals surface area contributed by atoms with Crippen LogP contribution in [0.1, 0.15) is 59.7 Å². The van der Waals surface area contributed by atoms with Crippen molar-refractivity contribution in [2.45, 2.75) is 66.0 Å². The van der Waals surface area contributed by atoms with Crippen LogP contribution in [0.2, 0.25) is 0 Å². The zero-order chi connectivity index (χ0) is 13.8. The SMILES string of the molecule is CCCn1ccnc1C(C)C(C)CNC(C)(C)C. The molecule has 2 atom stereocenters. The van der Waals surface area contributed by atoms with Crippen molar-refractivity contribution in [1.82, 2.24) is 14.9 Å². The molecule has 1 rings (SSSR count). The molecule has 1 N–H and O–H groups in total. The second kappa shape index (κ2) is 6.37. The van der Waals surface area contributed by atoms with Crippen LogP contribution in [0.4, 0.5) is 0 Å². The van der Waals surface area contributed by atoms with Gasteiger partial charge < -0.3 is 9.88 Å². The number of nitrogens with zero attached hydrogens (tertiary/aromatic N) is 2. The Morgan fingerprint density at radius 1 is 1.33 bits per heavy atom. The predicted octanol–water partition coefficient (Wildman–Crippen LogP) is 3.42. The van der Waals surface area contributed by atoms with Crippen LogP contribution in [0, 0.1) is 5.92 Å². The van der Waals surface area contributed by atoms with E-state index < -0.39 is 0 Å². The van der Waals surface area contributed by atoms with Gasteiger partial charge in [0.1, 0.15) is 5.82 Å². The average Bonchev–Trinajstić information content (AvgIpc) is 2.72. The van der Waals surface area contributed by atoms with Gasteiger partial charge in [-0.05, 0) is 39.7 Å². The molecule has 0 radical (unpaired) electrons. The summed E-state index contributed by atoms with van der Waals surface area (Å²) in [4.78, 5) is 4.54. The molecule has 3 nitrogen and oxygen atoms in total. The zero-order valence-corrected chi connectivity index (χ0v) is 12.8. The van der Waals surface area contributed by atoms with E-state index in [0.29, 0.717) is 11.8 Å². The van der Waals surface area contributed by atoms with Gasteiger partial charge in [-0.25, -0.2) is 4.98 Å². The topological polar surface area (TPSA) is 29.9 Å². The Labute approximate surface area is 112 Å². The van der Waals surface area contributed by atoms with Gasteiger partial charge in [0.25, 0.3) is 0 Å². The van der Waals surface area contributed by atoms with Crippen LogP contribution in [0.5, 0.6) is 0 Å². The summed E-state index contributed by atoms with van der Waals surface area (Å²) in [6.07, 6.45) is 5.18. The lowest BCUT2D eigenvalue weighted by atomic mass is 9.94. The van der Waals surface area contributed by atoms with E-state index in [1.54, 1.807) is 0 Å². The van der Waals surface area contributed by atoms with Gasteiger partial charge in [0.15, 0.2) is 0 Å². The molecule has 0 aromatic carbocycles. The van der Waals surface area contributed by atoms with Crippen molar-refractivity contribution in [3.05, 3.63) is 18.2 Å². The number of hydrogen-bond donors (Lipinski definition) is 1. The van der Waals surface area contributed by atoms with Crippen molar-refractivity contribution in [3.8, 4) is 0 Å². The fourth-order valence-electron chi connectivity index (χ4n) is 2.05. The van der Waals surface area contributed by atoms with Gasteiger partial charge >= 0.3 is 0 Å². The van der Waals surface area contributed by atoms with E-state index in [2.05, 4.69) is 62.6 Å². The van der Waals surface area contributed by atoms with Crippen LogP contribution in [0.25, 0.3) is 0 Å². The first-order valence-electron chi connectivity index (χ1n) is 7.11. The van der Waals surface area contributed by atoms with Crippen molar-refractivity contribution in [2.24, 2.45) is 5.92 Å². The molecule has 18 heavy (non-hydrogen) atoms. The van der Waals surface area contributed by atoms with Crippen LogP contribution in [0.15, 0.2) is 12.4 Å². The van der Waals surface area contributed by atoms with Gasteiger partial charge in [0, 0.05) is 30.4 Å². The molecule has 0 saturated carbocycles. The molecule has 0 saturated heterocycles. The maximum atomic E-state index is 4.54. The van der Waals surface area contributed by atoms with Gasteiger partial charge in [-0.2, -0.15) is 0 Å². The predicted molar refractivity (Wildman–Crippen MR) is 77.9 cm³/mol. The number of imidazole rings is 1. The lowest BCUT2D eigenvalue weighted by Crippen LogP contribution is -2.39. The molecule has 2 unspecified atom stereocenters. The van der Waals surface area contributed by atoms with Crippen molar-refractivity contribution in [2.75, 3.05) is 6.54 Å². The molecule has 1 aromatic heterocycles. The third-order valence-electron chi connectivity index (χ3n) is 3.43. The monoisotopic (exact) mass is 251 g/mol. The molecule has 1 heterocycles. The second-order valence-corrected chi connectivity index (χ2v) is 6.38. The summed E-state index contributed by atoms with van der Waals surface area (Å²) in [5.41, 5.74) is 0.187. The van der Waals surface area contributed by atoms with Gasteiger partial charge in [0.2, 0.25) is 0 Å². The summed E-state index contributed by atoms with van der Waals surface area (Å²) in [6, 6.07) is 0. The Balaban J connectivity index is 2.62. The Kier molecular flexibility index (Phi) is 5.39. The Bertz CT molecular complexity index is 349. The van der Waals surface area contributed by atoms with Gasteiger partial charge in [-0.3, -0.25) is 0 Å². The molecule has 104 valence electrons. The average molecular weight is 251 g/mol. The highest BCUT2D eigenvalue weighted by atomic mass is 15.1. The van der Waals surface area contributed by atoms with Crippen LogP contribution in [0.3, 0.4) is 0 Å². The molecule has 0 spiro atoms. The molecule has 0 aliphatic rings. The first-order valence-corrected chi connectivity index (χ1v) is 7.11. The number of nitrogens with one attached hydrogen (secondary N) is 1. The van der Waals surface area contributed by atoms with E-state index in [0.717, 1.165) is 19.5 Å². The van der Waals surface area contributed by atoms with E-state index in [9.17, 15) is 0 Å². The van der Waals surface area contributed by atoms with E-state index in [1.165, 1.54) is 5.82 Å². The summed E-state index contributed by atoms with van der Waals surface area (Å²) in [5, 5.41) is 3.58. The molecule has 3 heteroatoms.